The first-order valence-electron chi connectivity index (χ1n) is 13.0. The third-order valence-electron chi connectivity index (χ3n) is 8.68. The zero-order valence-corrected chi connectivity index (χ0v) is 20.6. The van der Waals surface area contributed by atoms with Crippen molar-refractivity contribution in [3.63, 3.8) is 0 Å². The standard InChI is InChI=1S/C29H30N2O5/c1-3-17-6-4-5-7-23(17)30-15-20(14-24(30)32)29(35)36-21-10-11-22(16(2)12-21)31-27(33)25-18-8-9-19(13-18)26(25)28(31)34/h4-7,10-12,18-20,25-26H,3,8-9,13-15H2,1-2H3/t18-,19-,20+,25+,26+/m0/s1. The first-order valence-corrected chi connectivity index (χ1v) is 13.0. The monoisotopic (exact) mass is 486 g/mol. The van der Waals surface area contributed by atoms with Crippen molar-refractivity contribution < 1.29 is 23.9 Å². The van der Waals surface area contributed by atoms with Crippen molar-refractivity contribution in [1.82, 2.24) is 0 Å². The number of amides is 3. The molecule has 2 aliphatic carbocycles. The summed E-state index contributed by atoms with van der Waals surface area (Å²) < 4.78 is 5.65. The molecule has 2 aromatic rings. The van der Waals surface area contributed by atoms with Crippen LogP contribution in [0.25, 0.3) is 0 Å². The average molecular weight is 487 g/mol. The summed E-state index contributed by atoms with van der Waals surface area (Å²) in [6.45, 7) is 4.14. The number of ether oxygens (including phenoxy) is 1. The number of aryl methyl sites for hydroxylation is 2. The predicted octanol–water partition coefficient (Wildman–Crippen LogP) is 4.05. The molecule has 4 aliphatic rings. The van der Waals surface area contributed by atoms with Crippen molar-refractivity contribution in [1.29, 1.82) is 0 Å². The van der Waals surface area contributed by atoms with Crippen molar-refractivity contribution in [2.24, 2.45) is 29.6 Å². The SMILES string of the molecule is CCc1ccccc1N1C[C@H](C(=O)Oc2ccc(N3C(=O)[C@@H]4[C@H]5CC[C@@H](C5)[C@H]4C3=O)c(C)c2)CC1=O. The van der Waals surface area contributed by atoms with Gasteiger partial charge in [0.2, 0.25) is 17.7 Å². The van der Waals surface area contributed by atoms with Gasteiger partial charge in [-0.05, 0) is 79.8 Å². The summed E-state index contributed by atoms with van der Waals surface area (Å²) in [5.74, 6) is -0.590. The summed E-state index contributed by atoms with van der Waals surface area (Å²) in [6, 6.07) is 12.8. The molecule has 2 heterocycles. The fourth-order valence-corrected chi connectivity index (χ4v) is 6.96. The van der Waals surface area contributed by atoms with Crippen LogP contribution in [0.4, 0.5) is 11.4 Å². The molecule has 3 amide bonds. The molecule has 36 heavy (non-hydrogen) atoms. The van der Waals surface area contributed by atoms with E-state index in [0.29, 0.717) is 28.8 Å². The number of anilines is 2. The van der Waals surface area contributed by atoms with Crippen LogP contribution in [0, 0.1) is 36.5 Å². The van der Waals surface area contributed by atoms with E-state index in [-0.39, 0.29) is 42.5 Å². The van der Waals surface area contributed by atoms with Gasteiger partial charge in [0.05, 0.1) is 23.4 Å². The normalized spacial score (nSPS) is 28.8. The highest BCUT2D eigenvalue weighted by molar-refractivity contribution is 6.23. The number of fused-ring (bicyclic) bond motifs is 5. The highest BCUT2D eigenvalue weighted by atomic mass is 16.5. The smallest absolute Gasteiger partial charge is 0.316 e. The Balaban J connectivity index is 1.16. The molecule has 5 atom stereocenters. The van der Waals surface area contributed by atoms with E-state index in [1.807, 2.05) is 38.1 Å². The van der Waals surface area contributed by atoms with Gasteiger partial charge in [-0.2, -0.15) is 0 Å². The molecule has 6 rings (SSSR count). The number of carbonyl (C=O) groups is 4. The molecule has 7 nitrogen and oxygen atoms in total. The molecular formula is C29H30N2O5. The Hall–Kier alpha value is -3.48. The second-order valence-electron chi connectivity index (χ2n) is 10.7. The molecule has 2 saturated carbocycles. The van der Waals surface area contributed by atoms with Gasteiger partial charge in [-0.15, -0.1) is 0 Å². The van der Waals surface area contributed by atoms with E-state index in [4.69, 9.17) is 4.74 Å². The molecule has 7 heteroatoms. The van der Waals surface area contributed by atoms with Crippen molar-refractivity contribution in [2.45, 2.75) is 46.0 Å². The van der Waals surface area contributed by atoms with Gasteiger partial charge < -0.3 is 9.64 Å². The van der Waals surface area contributed by atoms with Crippen molar-refractivity contribution in [3.05, 3.63) is 53.6 Å². The minimum Gasteiger partial charge on any atom is -0.426 e. The molecule has 0 N–H and O–H groups in total. The minimum absolute atomic E-state index is 0.0815. The summed E-state index contributed by atoms with van der Waals surface area (Å²) in [6.07, 6.45) is 3.98. The van der Waals surface area contributed by atoms with Crippen LogP contribution in [0.15, 0.2) is 42.5 Å². The van der Waals surface area contributed by atoms with Crippen LogP contribution in [-0.2, 0) is 25.6 Å². The van der Waals surface area contributed by atoms with Crippen molar-refractivity contribution >= 4 is 35.1 Å². The van der Waals surface area contributed by atoms with Crippen LogP contribution in [0.5, 0.6) is 5.75 Å². The van der Waals surface area contributed by atoms with E-state index < -0.39 is 11.9 Å². The Morgan fingerprint density at radius 2 is 1.67 bits per heavy atom. The van der Waals surface area contributed by atoms with E-state index in [0.717, 1.165) is 36.9 Å². The Morgan fingerprint density at radius 1 is 0.972 bits per heavy atom. The Kier molecular flexibility index (Phi) is 5.47. The maximum atomic E-state index is 13.2. The third kappa shape index (κ3) is 3.47. The number of benzene rings is 2. The van der Waals surface area contributed by atoms with Gasteiger partial charge in [-0.1, -0.05) is 25.1 Å². The zero-order valence-electron chi connectivity index (χ0n) is 20.6. The fourth-order valence-electron chi connectivity index (χ4n) is 6.96. The summed E-state index contributed by atoms with van der Waals surface area (Å²) in [5.41, 5.74) is 3.18. The molecule has 2 aliphatic heterocycles. The van der Waals surface area contributed by atoms with Gasteiger partial charge in [0, 0.05) is 18.7 Å². The van der Waals surface area contributed by atoms with E-state index in [2.05, 4.69) is 0 Å². The molecule has 0 spiro atoms. The van der Waals surface area contributed by atoms with Crippen LogP contribution >= 0.6 is 0 Å². The van der Waals surface area contributed by atoms with E-state index in [9.17, 15) is 19.2 Å². The summed E-state index contributed by atoms with van der Waals surface area (Å²) in [4.78, 5) is 55.0. The molecule has 186 valence electrons. The number of rotatable bonds is 5. The zero-order chi connectivity index (χ0) is 25.1. The van der Waals surface area contributed by atoms with Gasteiger partial charge in [0.15, 0.2) is 0 Å². The minimum atomic E-state index is -0.556. The average Bonchev–Trinajstić information content (AvgIpc) is 3.63. The van der Waals surface area contributed by atoms with E-state index in [1.54, 1.807) is 23.1 Å². The lowest BCUT2D eigenvalue weighted by molar-refractivity contribution is -0.139. The Bertz CT molecular complexity index is 1260. The van der Waals surface area contributed by atoms with Crippen molar-refractivity contribution in [3.8, 4) is 5.75 Å². The van der Waals surface area contributed by atoms with Gasteiger partial charge in [-0.3, -0.25) is 19.2 Å². The van der Waals surface area contributed by atoms with Crippen LogP contribution in [-0.4, -0.2) is 30.2 Å². The van der Waals surface area contributed by atoms with Crippen LogP contribution in [0.2, 0.25) is 0 Å². The summed E-state index contributed by atoms with van der Waals surface area (Å²) in [5, 5.41) is 0. The lowest BCUT2D eigenvalue weighted by Crippen LogP contribution is -2.33. The maximum Gasteiger partial charge on any atom is 0.316 e. The Labute approximate surface area is 210 Å². The number of hydrogen-bond acceptors (Lipinski definition) is 5. The van der Waals surface area contributed by atoms with Crippen LogP contribution in [0.3, 0.4) is 0 Å². The molecule has 0 aromatic heterocycles. The lowest BCUT2D eigenvalue weighted by atomic mass is 9.81. The number of imide groups is 1. The highest BCUT2D eigenvalue weighted by Crippen LogP contribution is 2.56. The number of hydrogen-bond donors (Lipinski definition) is 0. The Morgan fingerprint density at radius 3 is 2.33 bits per heavy atom. The first-order chi connectivity index (χ1) is 17.4. The fraction of sp³-hybridized carbons (Fsp3) is 0.448. The first kappa shape index (κ1) is 23.0. The van der Waals surface area contributed by atoms with Crippen LogP contribution < -0.4 is 14.5 Å². The van der Waals surface area contributed by atoms with Gasteiger partial charge >= 0.3 is 5.97 Å². The lowest BCUT2D eigenvalue weighted by Gasteiger charge is -2.20. The van der Waals surface area contributed by atoms with Crippen LogP contribution in [0.1, 0.15) is 43.7 Å². The number of para-hydroxylation sites is 1. The molecular weight excluding hydrogens is 456 g/mol. The van der Waals surface area contributed by atoms with Crippen molar-refractivity contribution in [2.75, 3.05) is 16.3 Å². The molecule has 0 unspecified atom stereocenters. The second-order valence-corrected chi connectivity index (χ2v) is 10.7. The summed E-state index contributed by atoms with van der Waals surface area (Å²) >= 11 is 0. The molecule has 0 radical (unpaired) electrons. The topological polar surface area (TPSA) is 84.0 Å². The van der Waals surface area contributed by atoms with Gasteiger partial charge in [0.25, 0.3) is 0 Å². The maximum absolute atomic E-state index is 13.2. The molecule has 4 fully saturated rings. The molecule has 2 aromatic carbocycles. The number of carbonyl (C=O) groups excluding carboxylic acids is 4. The highest BCUT2D eigenvalue weighted by Gasteiger charge is 2.61. The quantitative estimate of drug-likeness (QED) is 0.362. The van der Waals surface area contributed by atoms with E-state index >= 15 is 0 Å². The van der Waals surface area contributed by atoms with Gasteiger partial charge in [0.1, 0.15) is 5.75 Å². The molecule has 2 bridgehead atoms. The largest absolute Gasteiger partial charge is 0.426 e. The predicted molar refractivity (Wildman–Crippen MR) is 133 cm³/mol. The molecule has 2 saturated heterocycles. The van der Waals surface area contributed by atoms with E-state index in [1.165, 1.54) is 4.90 Å². The third-order valence-corrected chi connectivity index (χ3v) is 8.68. The second kappa shape index (κ2) is 8.57. The van der Waals surface area contributed by atoms with Gasteiger partial charge in [-0.25, -0.2) is 4.90 Å². The summed E-state index contributed by atoms with van der Waals surface area (Å²) in [7, 11) is 0. The number of esters is 1. The number of nitrogens with zero attached hydrogens (tertiary/aromatic N) is 2.